The topological polar surface area (TPSA) is 172 Å². The van der Waals surface area contributed by atoms with Gasteiger partial charge in [0, 0.05) is 18.0 Å². The van der Waals surface area contributed by atoms with Crippen LogP contribution in [0.2, 0.25) is 0 Å². The molecule has 0 saturated carbocycles. The summed E-state index contributed by atoms with van der Waals surface area (Å²) < 4.78 is 11.4. The Morgan fingerprint density at radius 3 is 2.23 bits per heavy atom. The predicted molar refractivity (Wildman–Crippen MR) is 228 cm³/mol. The number of carbonyl (C=O) groups excluding carboxylic acids is 5. The number of ether oxygens (including phenoxy) is 2. The van der Waals surface area contributed by atoms with Gasteiger partial charge in [-0.3, -0.25) is 14.4 Å². The van der Waals surface area contributed by atoms with Crippen LogP contribution in [0.15, 0.2) is 133 Å². The molecule has 0 bridgehead atoms. The number of alkyl carbamates (subject to hydrolysis) is 1. The monoisotopic (exact) mass is 808 g/mol. The normalized spacial score (nSPS) is 18.6. The van der Waals surface area contributed by atoms with Crippen LogP contribution in [0.25, 0.3) is 21.9 Å². The molecule has 0 radical (unpaired) electrons. The minimum absolute atomic E-state index is 0.0465. The summed E-state index contributed by atoms with van der Waals surface area (Å²) in [6.07, 6.45) is 3.47. The number of aliphatic hydroxyl groups excluding tert-OH is 1. The second-order valence-corrected chi connectivity index (χ2v) is 15.1. The maximum absolute atomic E-state index is 13.9. The van der Waals surface area contributed by atoms with Crippen molar-refractivity contribution in [2.45, 2.75) is 56.1 Å². The van der Waals surface area contributed by atoms with Gasteiger partial charge >= 0.3 is 12.1 Å². The van der Waals surface area contributed by atoms with E-state index in [1.165, 1.54) is 0 Å². The molecule has 5 aromatic carbocycles. The van der Waals surface area contributed by atoms with E-state index in [2.05, 4.69) is 21.3 Å². The number of amides is 4. The number of rotatable bonds is 11. The third-order valence-corrected chi connectivity index (χ3v) is 10.9. The minimum atomic E-state index is -1.36. The highest BCUT2D eigenvalue weighted by atomic mass is 16.6. The van der Waals surface area contributed by atoms with Gasteiger partial charge in [-0.05, 0) is 76.4 Å². The Hall–Kier alpha value is -6.79. The standard InChI is InChI=1S/C48H48N4O8/c53-28-36(25-31-13-3-1-4-14-31)49-44(54)27-34-17-5-2-6-22-42(52-48(58)60-29-41-39-20-11-9-18-37(39)38-19-10-12-21-40(38)41)47(57)59-30-43(51-45(34)55)46(56)50-35-24-23-32-15-7-8-16-33(32)26-35/h1-5,7-16,18-21,23-24,26,34,36,41-43,53H,6,17,22,25,27-30H2,(H,49,54)(H,50,56)(H,51,55)(H,52,58). The van der Waals surface area contributed by atoms with Crippen LogP contribution in [0.3, 0.4) is 0 Å². The van der Waals surface area contributed by atoms with Gasteiger partial charge in [0.05, 0.1) is 18.6 Å². The van der Waals surface area contributed by atoms with Crippen LogP contribution in [0, 0.1) is 5.92 Å². The van der Waals surface area contributed by atoms with Crippen molar-refractivity contribution < 1.29 is 38.6 Å². The molecule has 5 N–H and O–H groups in total. The Balaban J connectivity index is 1.05. The van der Waals surface area contributed by atoms with Crippen molar-refractivity contribution >= 4 is 46.2 Å². The summed E-state index contributed by atoms with van der Waals surface area (Å²) in [4.78, 5) is 68.0. The van der Waals surface area contributed by atoms with E-state index in [1.54, 1.807) is 24.3 Å². The highest BCUT2D eigenvalue weighted by Crippen LogP contribution is 2.44. The molecule has 12 heteroatoms. The van der Waals surface area contributed by atoms with Gasteiger partial charge in [-0.15, -0.1) is 0 Å². The van der Waals surface area contributed by atoms with Gasteiger partial charge < -0.3 is 35.8 Å². The van der Waals surface area contributed by atoms with Gasteiger partial charge in [0.15, 0.2) is 0 Å². The highest BCUT2D eigenvalue weighted by molar-refractivity contribution is 6.00. The van der Waals surface area contributed by atoms with Crippen LogP contribution < -0.4 is 21.3 Å². The van der Waals surface area contributed by atoms with E-state index < -0.39 is 60.4 Å². The fourth-order valence-corrected chi connectivity index (χ4v) is 7.76. The lowest BCUT2D eigenvalue weighted by molar-refractivity contribution is -0.148. The first-order valence-electron chi connectivity index (χ1n) is 20.2. The van der Waals surface area contributed by atoms with Crippen molar-refractivity contribution in [2.24, 2.45) is 5.92 Å². The van der Waals surface area contributed by atoms with E-state index in [-0.39, 0.29) is 38.4 Å². The average molecular weight is 809 g/mol. The fourth-order valence-electron chi connectivity index (χ4n) is 7.76. The summed E-state index contributed by atoms with van der Waals surface area (Å²) >= 11 is 0. The number of hydrogen-bond donors (Lipinski definition) is 5. The minimum Gasteiger partial charge on any atom is -0.461 e. The third-order valence-electron chi connectivity index (χ3n) is 10.9. The quantitative estimate of drug-likeness (QED) is 0.0778. The van der Waals surface area contributed by atoms with Crippen LogP contribution >= 0.6 is 0 Å². The van der Waals surface area contributed by atoms with Crippen molar-refractivity contribution in [3.05, 3.63) is 150 Å². The number of hydrogen-bond acceptors (Lipinski definition) is 8. The highest BCUT2D eigenvalue weighted by Gasteiger charge is 2.32. The van der Waals surface area contributed by atoms with Crippen LogP contribution in [0.5, 0.6) is 0 Å². The first-order chi connectivity index (χ1) is 29.2. The van der Waals surface area contributed by atoms with Crippen molar-refractivity contribution in [2.75, 3.05) is 25.1 Å². The Morgan fingerprint density at radius 2 is 1.50 bits per heavy atom. The zero-order valence-corrected chi connectivity index (χ0v) is 33.1. The van der Waals surface area contributed by atoms with Crippen molar-refractivity contribution in [1.82, 2.24) is 16.0 Å². The molecule has 0 saturated heterocycles. The van der Waals surface area contributed by atoms with Crippen LogP contribution in [-0.2, 0) is 35.1 Å². The number of nitrogens with one attached hydrogen (secondary N) is 4. The molecule has 0 fully saturated rings. The lowest BCUT2D eigenvalue weighted by atomic mass is 9.97. The lowest BCUT2D eigenvalue weighted by Gasteiger charge is -2.23. The first-order valence-corrected chi connectivity index (χ1v) is 20.2. The molecule has 308 valence electrons. The van der Waals surface area contributed by atoms with Gasteiger partial charge in [0.1, 0.15) is 25.3 Å². The molecular weight excluding hydrogens is 761 g/mol. The number of benzene rings is 5. The van der Waals surface area contributed by atoms with E-state index >= 15 is 0 Å². The summed E-state index contributed by atoms with van der Waals surface area (Å²) in [6, 6.07) is 35.3. The Labute approximate surface area is 348 Å². The molecule has 1 heterocycles. The Bertz CT molecular complexity index is 2320. The van der Waals surface area contributed by atoms with Crippen molar-refractivity contribution in [1.29, 1.82) is 0 Å². The Morgan fingerprint density at radius 1 is 0.817 bits per heavy atom. The molecule has 0 aromatic heterocycles. The maximum atomic E-state index is 13.9. The summed E-state index contributed by atoms with van der Waals surface area (Å²) in [5.74, 6) is -3.58. The number of aliphatic hydroxyl groups is 1. The van der Waals surface area contributed by atoms with Gasteiger partial charge in [0.25, 0.3) is 5.91 Å². The summed E-state index contributed by atoms with van der Waals surface area (Å²) in [5, 5.41) is 22.9. The second kappa shape index (κ2) is 19.8. The zero-order valence-electron chi connectivity index (χ0n) is 33.1. The summed E-state index contributed by atoms with van der Waals surface area (Å²) in [6.45, 7) is -0.807. The third kappa shape index (κ3) is 10.4. The zero-order chi connectivity index (χ0) is 41.8. The number of carbonyl (C=O) groups is 5. The van der Waals surface area contributed by atoms with Crippen LogP contribution in [0.4, 0.5) is 10.5 Å². The van der Waals surface area contributed by atoms with Gasteiger partial charge in [0.2, 0.25) is 11.8 Å². The molecule has 7 rings (SSSR count). The Kier molecular flexibility index (Phi) is 13.6. The maximum Gasteiger partial charge on any atom is 0.407 e. The molecule has 12 nitrogen and oxygen atoms in total. The van der Waals surface area contributed by atoms with E-state index in [1.807, 2.05) is 109 Å². The molecule has 1 aliphatic carbocycles. The van der Waals surface area contributed by atoms with Gasteiger partial charge in [-0.2, -0.15) is 0 Å². The number of allylic oxidation sites excluding steroid dienone is 2. The lowest BCUT2D eigenvalue weighted by Crippen LogP contribution is -2.51. The first kappa shape index (κ1) is 41.4. The van der Waals surface area contributed by atoms with Crippen molar-refractivity contribution in [3.8, 4) is 11.1 Å². The molecule has 4 atom stereocenters. The molecule has 60 heavy (non-hydrogen) atoms. The van der Waals surface area contributed by atoms with E-state index in [0.29, 0.717) is 18.5 Å². The van der Waals surface area contributed by atoms with Gasteiger partial charge in [-0.25, -0.2) is 9.59 Å². The molecule has 4 unspecified atom stereocenters. The fraction of sp³-hybridized carbons (Fsp3) is 0.271. The van der Waals surface area contributed by atoms with Crippen LogP contribution in [0.1, 0.15) is 48.3 Å². The number of cyclic esters (lactones) is 1. The predicted octanol–water partition coefficient (Wildman–Crippen LogP) is 6.18. The van der Waals surface area contributed by atoms with Crippen LogP contribution in [-0.4, -0.2) is 72.8 Å². The average Bonchev–Trinajstić information content (AvgIpc) is 3.59. The number of anilines is 1. The summed E-state index contributed by atoms with van der Waals surface area (Å²) in [7, 11) is 0. The summed E-state index contributed by atoms with van der Waals surface area (Å²) in [5.41, 5.74) is 5.65. The molecular formula is C48H48N4O8. The van der Waals surface area contributed by atoms with E-state index in [0.717, 1.165) is 38.6 Å². The number of esters is 1. The molecule has 1 aliphatic heterocycles. The second-order valence-electron chi connectivity index (χ2n) is 15.1. The van der Waals surface area contributed by atoms with Gasteiger partial charge in [-0.1, -0.05) is 121 Å². The van der Waals surface area contributed by atoms with Crippen molar-refractivity contribution in [3.63, 3.8) is 0 Å². The number of fused-ring (bicyclic) bond motifs is 4. The molecule has 5 aromatic rings. The van der Waals surface area contributed by atoms with E-state index in [4.69, 9.17) is 9.47 Å². The van der Waals surface area contributed by atoms with E-state index in [9.17, 15) is 29.1 Å². The molecule has 0 spiro atoms. The molecule has 2 aliphatic rings. The largest absolute Gasteiger partial charge is 0.461 e. The SMILES string of the molecule is O=C(CC1CC=CCCC(NC(=O)OCC2c3ccccc3-c3ccccc32)C(=O)OCC(C(=O)Nc2ccc3ccccc3c2)NC1=O)NC(CO)Cc1ccccc1. The smallest absolute Gasteiger partial charge is 0.407 e. The molecule has 4 amide bonds.